The normalized spacial score (nSPS) is 11.6. The number of carbonyl (C=O) groups is 1. The van der Waals surface area contributed by atoms with Crippen LogP contribution in [0.15, 0.2) is 51.4 Å². The van der Waals surface area contributed by atoms with Crippen LogP contribution >= 0.6 is 31.9 Å². The SMILES string of the molecule is C[C@@H](Oc1ccc(Br)cc1Br)C(=O)Nc1ccccc1[N+](=O)[O-]. The van der Waals surface area contributed by atoms with Gasteiger partial charge >= 0.3 is 0 Å². The molecule has 8 heteroatoms. The molecule has 2 aromatic carbocycles. The lowest BCUT2D eigenvalue weighted by atomic mass is 10.2. The summed E-state index contributed by atoms with van der Waals surface area (Å²) in [5, 5.41) is 13.5. The van der Waals surface area contributed by atoms with Gasteiger partial charge in [-0.3, -0.25) is 14.9 Å². The molecule has 2 aromatic rings. The highest BCUT2D eigenvalue weighted by atomic mass is 79.9. The van der Waals surface area contributed by atoms with Crippen LogP contribution in [0.2, 0.25) is 0 Å². The van der Waals surface area contributed by atoms with Crippen molar-refractivity contribution in [1.29, 1.82) is 0 Å². The molecule has 0 saturated carbocycles. The van der Waals surface area contributed by atoms with Crippen LogP contribution < -0.4 is 10.1 Å². The summed E-state index contributed by atoms with van der Waals surface area (Å²) < 4.78 is 7.15. The van der Waals surface area contributed by atoms with Crippen LogP contribution in [0.5, 0.6) is 5.75 Å². The van der Waals surface area contributed by atoms with E-state index in [0.29, 0.717) is 10.2 Å². The lowest BCUT2D eigenvalue weighted by Crippen LogP contribution is -2.30. The minimum absolute atomic E-state index is 0.132. The molecule has 0 saturated heterocycles. The average Bonchev–Trinajstić information content (AvgIpc) is 2.50. The molecule has 0 bridgehead atoms. The fraction of sp³-hybridized carbons (Fsp3) is 0.133. The number of amides is 1. The van der Waals surface area contributed by atoms with Crippen molar-refractivity contribution in [3.05, 3.63) is 61.5 Å². The van der Waals surface area contributed by atoms with Gasteiger partial charge in [0.05, 0.1) is 9.40 Å². The summed E-state index contributed by atoms with van der Waals surface area (Å²) in [4.78, 5) is 22.6. The van der Waals surface area contributed by atoms with E-state index in [4.69, 9.17) is 4.74 Å². The van der Waals surface area contributed by atoms with E-state index in [1.54, 1.807) is 31.2 Å². The highest BCUT2D eigenvalue weighted by molar-refractivity contribution is 9.11. The van der Waals surface area contributed by atoms with Crippen molar-refractivity contribution in [3.63, 3.8) is 0 Å². The number of hydrogen-bond donors (Lipinski definition) is 1. The van der Waals surface area contributed by atoms with E-state index in [2.05, 4.69) is 37.2 Å². The second kappa shape index (κ2) is 7.56. The minimum atomic E-state index is -0.827. The van der Waals surface area contributed by atoms with Crippen molar-refractivity contribution in [2.24, 2.45) is 0 Å². The molecule has 23 heavy (non-hydrogen) atoms. The molecule has 0 aromatic heterocycles. The number of nitrogens with one attached hydrogen (secondary N) is 1. The van der Waals surface area contributed by atoms with Gasteiger partial charge < -0.3 is 10.1 Å². The van der Waals surface area contributed by atoms with Crippen LogP contribution in [-0.2, 0) is 4.79 Å². The number of para-hydroxylation sites is 2. The third-order valence-corrected chi connectivity index (χ3v) is 4.04. The maximum absolute atomic E-state index is 12.2. The van der Waals surface area contributed by atoms with Crippen molar-refractivity contribution >= 4 is 49.1 Å². The van der Waals surface area contributed by atoms with E-state index in [1.165, 1.54) is 18.2 Å². The summed E-state index contributed by atoms with van der Waals surface area (Å²) in [6.07, 6.45) is -0.827. The highest BCUT2D eigenvalue weighted by Crippen LogP contribution is 2.29. The fourth-order valence-electron chi connectivity index (χ4n) is 1.79. The van der Waals surface area contributed by atoms with Crippen LogP contribution in [0, 0.1) is 10.1 Å². The number of nitro benzene ring substituents is 1. The zero-order chi connectivity index (χ0) is 17.0. The molecule has 1 amide bonds. The number of nitro groups is 1. The summed E-state index contributed by atoms with van der Waals surface area (Å²) in [6, 6.07) is 11.2. The molecule has 0 aliphatic carbocycles. The van der Waals surface area contributed by atoms with Gasteiger partial charge in [0.1, 0.15) is 11.4 Å². The first-order chi connectivity index (χ1) is 10.9. The Labute approximate surface area is 149 Å². The first-order valence-electron chi connectivity index (χ1n) is 6.54. The van der Waals surface area contributed by atoms with Gasteiger partial charge in [-0.1, -0.05) is 28.1 Å². The van der Waals surface area contributed by atoms with E-state index in [9.17, 15) is 14.9 Å². The maximum atomic E-state index is 12.2. The molecule has 0 spiro atoms. The van der Waals surface area contributed by atoms with Gasteiger partial charge in [0.15, 0.2) is 6.10 Å². The maximum Gasteiger partial charge on any atom is 0.292 e. The molecular formula is C15H12Br2N2O4. The predicted molar refractivity (Wildman–Crippen MR) is 93.7 cm³/mol. The van der Waals surface area contributed by atoms with Crippen LogP contribution in [0.3, 0.4) is 0 Å². The number of nitrogens with zero attached hydrogens (tertiary/aromatic N) is 1. The van der Waals surface area contributed by atoms with Crippen LogP contribution in [0.1, 0.15) is 6.92 Å². The number of halogens is 2. The molecule has 120 valence electrons. The molecule has 0 radical (unpaired) electrons. The Kier molecular flexibility index (Phi) is 5.73. The Hall–Kier alpha value is -1.93. The number of benzene rings is 2. The quantitative estimate of drug-likeness (QED) is 0.543. The zero-order valence-corrected chi connectivity index (χ0v) is 15.1. The zero-order valence-electron chi connectivity index (χ0n) is 12.0. The summed E-state index contributed by atoms with van der Waals surface area (Å²) in [6.45, 7) is 1.57. The van der Waals surface area contributed by atoms with Gasteiger partial charge in [0, 0.05) is 10.5 Å². The molecular weight excluding hydrogens is 432 g/mol. The van der Waals surface area contributed by atoms with Gasteiger partial charge in [-0.05, 0) is 47.1 Å². The summed E-state index contributed by atoms with van der Waals surface area (Å²) >= 11 is 6.67. The lowest BCUT2D eigenvalue weighted by Gasteiger charge is -2.16. The third-order valence-electron chi connectivity index (χ3n) is 2.93. The Morgan fingerprint density at radius 2 is 1.96 bits per heavy atom. The van der Waals surface area contributed by atoms with E-state index < -0.39 is 16.9 Å². The predicted octanol–water partition coefficient (Wildman–Crippen LogP) is 4.53. The summed E-state index contributed by atoms with van der Waals surface area (Å²) in [5.74, 6) is 0.0209. The van der Waals surface area contributed by atoms with Crippen LogP contribution in [0.4, 0.5) is 11.4 Å². The molecule has 2 rings (SSSR count). The molecule has 1 atom stereocenters. The van der Waals surface area contributed by atoms with Gasteiger partial charge in [0.25, 0.3) is 11.6 Å². The van der Waals surface area contributed by atoms with Gasteiger partial charge in [0.2, 0.25) is 0 Å². The number of carbonyl (C=O) groups excluding carboxylic acids is 1. The van der Waals surface area contributed by atoms with Crippen molar-refractivity contribution in [2.75, 3.05) is 5.32 Å². The largest absolute Gasteiger partial charge is 0.480 e. The Morgan fingerprint density at radius 3 is 2.61 bits per heavy atom. The second-order valence-corrected chi connectivity index (χ2v) is 6.37. The number of ether oxygens (including phenoxy) is 1. The number of rotatable bonds is 5. The Morgan fingerprint density at radius 1 is 1.26 bits per heavy atom. The summed E-state index contributed by atoms with van der Waals surface area (Å²) in [7, 11) is 0. The van der Waals surface area contributed by atoms with Crippen molar-refractivity contribution in [1.82, 2.24) is 0 Å². The first-order valence-corrected chi connectivity index (χ1v) is 8.13. The summed E-state index contributed by atoms with van der Waals surface area (Å²) in [5.41, 5.74) is -0.0364. The van der Waals surface area contributed by atoms with E-state index in [1.807, 2.05) is 0 Å². The third kappa shape index (κ3) is 4.52. The topological polar surface area (TPSA) is 81.5 Å². The molecule has 0 aliphatic rings. The molecule has 0 fully saturated rings. The Balaban J connectivity index is 2.10. The standard InChI is InChI=1S/C15H12Br2N2O4/c1-9(23-14-7-6-10(16)8-11(14)17)15(20)18-12-4-2-3-5-13(12)19(21)22/h2-9H,1H3,(H,18,20)/t9-/m1/s1. The lowest BCUT2D eigenvalue weighted by molar-refractivity contribution is -0.383. The fourth-order valence-corrected chi connectivity index (χ4v) is 2.93. The van der Waals surface area contributed by atoms with Gasteiger partial charge in [-0.25, -0.2) is 0 Å². The molecule has 0 heterocycles. The molecule has 1 N–H and O–H groups in total. The molecule has 0 aliphatic heterocycles. The van der Waals surface area contributed by atoms with Crippen LogP contribution in [0.25, 0.3) is 0 Å². The average molecular weight is 444 g/mol. The van der Waals surface area contributed by atoms with Crippen molar-refractivity contribution < 1.29 is 14.5 Å². The van der Waals surface area contributed by atoms with Crippen LogP contribution in [-0.4, -0.2) is 16.9 Å². The minimum Gasteiger partial charge on any atom is -0.480 e. The second-order valence-electron chi connectivity index (χ2n) is 4.60. The van der Waals surface area contributed by atoms with E-state index in [0.717, 1.165) is 4.47 Å². The highest BCUT2D eigenvalue weighted by Gasteiger charge is 2.20. The molecule has 0 unspecified atom stereocenters. The number of anilines is 1. The van der Waals surface area contributed by atoms with Gasteiger partial charge in [-0.15, -0.1) is 0 Å². The van der Waals surface area contributed by atoms with Gasteiger partial charge in [-0.2, -0.15) is 0 Å². The van der Waals surface area contributed by atoms with E-state index >= 15 is 0 Å². The number of hydrogen-bond acceptors (Lipinski definition) is 4. The Bertz CT molecular complexity index is 752. The van der Waals surface area contributed by atoms with Crippen molar-refractivity contribution in [2.45, 2.75) is 13.0 Å². The monoisotopic (exact) mass is 442 g/mol. The first kappa shape index (κ1) is 17.4. The smallest absolute Gasteiger partial charge is 0.292 e. The van der Waals surface area contributed by atoms with Crippen molar-refractivity contribution in [3.8, 4) is 5.75 Å². The molecule has 6 nitrogen and oxygen atoms in total. The van der Waals surface area contributed by atoms with E-state index in [-0.39, 0.29) is 11.4 Å².